The van der Waals surface area contributed by atoms with Gasteiger partial charge in [-0.2, -0.15) is 0 Å². The summed E-state index contributed by atoms with van der Waals surface area (Å²) >= 11 is 0. The van der Waals surface area contributed by atoms with E-state index in [0.717, 1.165) is 32.2 Å². The summed E-state index contributed by atoms with van der Waals surface area (Å²) in [6.45, 7) is 3.62. The Hall–Kier alpha value is -0.860. The van der Waals surface area contributed by atoms with Crippen molar-refractivity contribution in [3.8, 4) is 0 Å². The van der Waals surface area contributed by atoms with E-state index in [1.54, 1.807) is 0 Å². The fraction of sp³-hybridized carbons (Fsp3) is 0.727. The van der Waals surface area contributed by atoms with Crippen molar-refractivity contribution in [1.29, 1.82) is 0 Å². The van der Waals surface area contributed by atoms with Gasteiger partial charge in [0.2, 0.25) is 0 Å². The molecule has 1 N–H and O–H groups in total. The summed E-state index contributed by atoms with van der Waals surface area (Å²) in [5.74, 6) is 0.486. The van der Waals surface area contributed by atoms with Crippen molar-refractivity contribution >= 4 is 0 Å². The van der Waals surface area contributed by atoms with Crippen LogP contribution in [0.2, 0.25) is 0 Å². The number of likely N-dealkylation sites (tertiary alicyclic amines) is 1. The first-order valence-corrected chi connectivity index (χ1v) is 10.2. The molecule has 2 unspecified atom stereocenters. The van der Waals surface area contributed by atoms with Gasteiger partial charge < -0.3 is 10.0 Å². The second kappa shape index (κ2) is 9.01. The number of benzene rings is 1. The Morgan fingerprint density at radius 3 is 2.46 bits per heavy atom. The lowest BCUT2D eigenvalue weighted by Crippen LogP contribution is -2.46. The molecule has 1 saturated heterocycles. The summed E-state index contributed by atoms with van der Waals surface area (Å²) in [5, 5.41) is 11.4. The summed E-state index contributed by atoms with van der Waals surface area (Å²) in [6, 6.07) is 10.7. The van der Waals surface area contributed by atoms with Crippen molar-refractivity contribution in [2.24, 2.45) is 5.92 Å². The molecule has 0 amide bonds. The van der Waals surface area contributed by atoms with Crippen LogP contribution in [-0.2, 0) is 6.42 Å². The van der Waals surface area contributed by atoms with Crippen molar-refractivity contribution in [1.82, 2.24) is 4.90 Å². The molecule has 1 heterocycles. The Morgan fingerprint density at radius 1 is 0.958 bits per heavy atom. The van der Waals surface area contributed by atoms with Crippen LogP contribution in [0.25, 0.3) is 0 Å². The molecule has 24 heavy (non-hydrogen) atoms. The van der Waals surface area contributed by atoms with Gasteiger partial charge in [-0.05, 0) is 63.6 Å². The van der Waals surface area contributed by atoms with Gasteiger partial charge in [0.1, 0.15) is 0 Å². The van der Waals surface area contributed by atoms with E-state index in [0.29, 0.717) is 5.92 Å². The molecule has 2 nitrogen and oxygen atoms in total. The molecule has 1 aliphatic carbocycles. The molecule has 1 aliphatic heterocycles. The second-order valence-corrected chi connectivity index (χ2v) is 8.10. The minimum atomic E-state index is -0.417. The maximum Gasteiger partial charge on any atom is 0.0688 e. The zero-order valence-corrected chi connectivity index (χ0v) is 15.3. The SMILES string of the molecule is OC1(CCCc2ccccc2)CCCCC1CN1CCCCCC1. The van der Waals surface area contributed by atoms with Crippen molar-refractivity contribution in [2.75, 3.05) is 19.6 Å². The van der Waals surface area contributed by atoms with E-state index in [1.807, 2.05) is 0 Å². The number of hydrogen-bond donors (Lipinski definition) is 1. The van der Waals surface area contributed by atoms with Gasteiger partial charge >= 0.3 is 0 Å². The molecule has 1 aromatic rings. The molecule has 1 aromatic carbocycles. The van der Waals surface area contributed by atoms with Crippen molar-refractivity contribution in [3.63, 3.8) is 0 Å². The summed E-state index contributed by atoms with van der Waals surface area (Å²) < 4.78 is 0. The van der Waals surface area contributed by atoms with Gasteiger partial charge in [0.15, 0.2) is 0 Å². The molecule has 2 fully saturated rings. The molecule has 134 valence electrons. The fourth-order valence-corrected chi connectivity index (χ4v) is 4.76. The van der Waals surface area contributed by atoms with E-state index in [4.69, 9.17) is 0 Å². The van der Waals surface area contributed by atoms with Crippen LogP contribution in [0, 0.1) is 5.92 Å². The predicted molar refractivity (Wildman–Crippen MR) is 101 cm³/mol. The van der Waals surface area contributed by atoms with Gasteiger partial charge in [0.25, 0.3) is 0 Å². The normalized spacial score (nSPS) is 29.3. The average molecular weight is 330 g/mol. The highest BCUT2D eigenvalue weighted by molar-refractivity contribution is 5.14. The summed E-state index contributed by atoms with van der Waals surface area (Å²) in [7, 11) is 0. The van der Waals surface area contributed by atoms with Gasteiger partial charge in [0.05, 0.1) is 5.60 Å². The molecular weight excluding hydrogens is 294 g/mol. The zero-order valence-electron chi connectivity index (χ0n) is 15.3. The zero-order chi connectivity index (χ0) is 16.7. The van der Waals surface area contributed by atoms with E-state index in [9.17, 15) is 5.11 Å². The minimum Gasteiger partial charge on any atom is -0.390 e. The number of aliphatic hydroxyl groups is 1. The van der Waals surface area contributed by atoms with Crippen LogP contribution >= 0.6 is 0 Å². The van der Waals surface area contributed by atoms with Crippen LogP contribution < -0.4 is 0 Å². The van der Waals surface area contributed by atoms with E-state index in [-0.39, 0.29) is 0 Å². The Labute approximate surface area is 148 Å². The third kappa shape index (κ3) is 5.07. The standard InChI is InChI=1S/C22H35NO/c24-22(16-10-13-20-11-4-3-5-12-20)15-7-6-14-21(22)19-23-17-8-1-2-9-18-23/h3-5,11-12,21,24H,1-2,6-10,13-19H2. The molecular formula is C22H35NO. The van der Waals surface area contributed by atoms with Crippen molar-refractivity contribution in [3.05, 3.63) is 35.9 Å². The maximum absolute atomic E-state index is 11.4. The highest BCUT2D eigenvalue weighted by atomic mass is 16.3. The number of aryl methyl sites for hydroxylation is 1. The highest BCUT2D eigenvalue weighted by Crippen LogP contribution is 2.38. The quantitative estimate of drug-likeness (QED) is 0.810. The molecule has 1 saturated carbocycles. The minimum absolute atomic E-state index is 0.417. The Morgan fingerprint density at radius 2 is 1.71 bits per heavy atom. The topological polar surface area (TPSA) is 23.5 Å². The molecule has 3 rings (SSSR count). The van der Waals surface area contributed by atoms with Gasteiger partial charge in [-0.15, -0.1) is 0 Å². The van der Waals surface area contributed by atoms with Crippen LogP contribution in [0.4, 0.5) is 0 Å². The van der Waals surface area contributed by atoms with E-state index in [2.05, 4.69) is 35.2 Å². The summed E-state index contributed by atoms with van der Waals surface area (Å²) in [4.78, 5) is 2.64. The third-order valence-corrected chi connectivity index (χ3v) is 6.27. The van der Waals surface area contributed by atoms with Crippen LogP contribution in [0.15, 0.2) is 30.3 Å². The van der Waals surface area contributed by atoms with E-state index < -0.39 is 5.60 Å². The van der Waals surface area contributed by atoms with E-state index >= 15 is 0 Å². The van der Waals surface area contributed by atoms with Gasteiger partial charge in [0, 0.05) is 12.5 Å². The highest BCUT2D eigenvalue weighted by Gasteiger charge is 2.38. The molecule has 0 bridgehead atoms. The van der Waals surface area contributed by atoms with Gasteiger partial charge in [-0.3, -0.25) is 0 Å². The molecule has 0 spiro atoms. The average Bonchev–Trinajstić information content (AvgIpc) is 2.87. The summed E-state index contributed by atoms with van der Waals surface area (Å²) in [6.07, 6.45) is 13.4. The fourth-order valence-electron chi connectivity index (χ4n) is 4.76. The van der Waals surface area contributed by atoms with Crippen molar-refractivity contribution < 1.29 is 5.11 Å². The third-order valence-electron chi connectivity index (χ3n) is 6.27. The monoisotopic (exact) mass is 329 g/mol. The molecule has 2 heteroatoms. The molecule has 2 aliphatic rings. The largest absolute Gasteiger partial charge is 0.390 e. The van der Waals surface area contributed by atoms with Crippen LogP contribution in [0.1, 0.15) is 69.8 Å². The van der Waals surface area contributed by atoms with Gasteiger partial charge in [-0.1, -0.05) is 56.0 Å². The smallest absolute Gasteiger partial charge is 0.0688 e. The lowest BCUT2D eigenvalue weighted by Gasteiger charge is -2.42. The Balaban J connectivity index is 1.53. The molecule has 0 aromatic heterocycles. The van der Waals surface area contributed by atoms with Crippen LogP contribution in [0.3, 0.4) is 0 Å². The summed E-state index contributed by atoms with van der Waals surface area (Å²) in [5.41, 5.74) is 0.986. The number of rotatable bonds is 6. The molecule has 0 radical (unpaired) electrons. The first kappa shape index (κ1) is 17.9. The van der Waals surface area contributed by atoms with Crippen LogP contribution in [-0.4, -0.2) is 35.2 Å². The second-order valence-electron chi connectivity index (χ2n) is 8.10. The first-order chi connectivity index (χ1) is 11.8. The van der Waals surface area contributed by atoms with Crippen molar-refractivity contribution in [2.45, 2.75) is 76.2 Å². The maximum atomic E-state index is 11.4. The number of nitrogens with zero attached hydrogens (tertiary/aromatic N) is 1. The predicted octanol–water partition coefficient (Wildman–Crippen LogP) is 4.81. The molecule has 2 atom stereocenters. The number of hydrogen-bond acceptors (Lipinski definition) is 2. The Bertz CT molecular complexity index is 466. The van der Waals surface area contributed by atoms with Crippen LogP contribution in [0.5, 0.6) is 0 Å². The van der Waals surface area contributed by atoms with Gasteiger partial charge in [-0.25, -0.2) is 0 Å². The van der Waals surface area contributed by atoms with E-state index in [1.165, 1.54) is 63.6 Å². The first-order valence-electron chi connectivity index (χ1n) is 10.2. The lowest BCUT2D eigenvalue weighted by atomic mass is 9.72. The lowest BCUT2D eigenvalue weighted by molar-refractivity contribution is -0.0666. The Kier molecular flexibility index (Phi) is 6.74.